The Bertz CT molecular complexity index is 372. The third kappa shape index (κ3) is 3.64. The molecule has 20 heavy (non-hydrogen) atoms. The lowest BCUT2D eigenvalue weighted by atomic mass is 10.0. The molecule has 2 aliphatic rings. The van der Waals surface area contributed by atoms with E-state index in [1.54, 1.807) is 6.92 Å². The Hall–Kier alpha value is -1.26. The second-order valence-corrected chi connectivity index (χ2v) is 6.51. The molecule has 114 valence electrons. The number of hydrogen-bond donors (Lipinski definition) is 2. The van der Waals surface area contributed by atoms with Crippen molar-refractivity contribution in [2.75, 3.05) is 6.54 Å². The zero-order valence-corrected chi connectivity index (χ0v) is 12.5. The number of nitrogens with zero attached hydrogens (tertiary/aromatic N) is 1. The monoisotopic (exact) mass is 282 g/mol. The van der Waals surface area contributed by atoms with Crippen LogP contribution in [0.4, 0.5) is 4.79 Å². The molecule has 5 heteroatoms. The van der Waals surface area contributed by atoms with Crippen LogP contribution in [-0.4, -0.2) is 40.6 Å². The highest BCUT2D eigenvalue weighted by Crippen LogP contribution is 2.37. The van der Waals surface area contributed by atoms with Crippen LogP contribution in [-0.2, 0) is 4.79 Å². The first-order valence-corrected chi connectivity index (χ1v) is 7.77. The molecule has 1 saturated heterocycles. The van der Waals surface area contributed by atoms with Crippen LogP contribution in [0.1, 0.15) is 52.4 Å². The van der Waals surface area contributed by atoms with Gasteiger partial charge >= 0.3 is 12.0 Å². The predicted octanol–water partition coefficient (Wildman–Crippen LogP) is 2.46. The van der Waals surface area contributed by atoms with E-state index in [-0.39, 0.29) is 18.0 Å². The largest absolute Gasteiger partial charge is 0.481 e. The van der Waals surface area contributed by atoms with E-state index in [1.807, 2.05) is 11.8 Å². The van der Waals surface area contributed by atoms with Crippen molar-refractivity contribution in [3.63, 3.8) is 0 Å². The second kappa shape index (κ2) is 6.46. The minimum absolute atomic E-state index is 0.0657. The summed E-state index contributed by atoms with van der Waals surface area (Å²) in [4.78, 5) is 24.9. The highest BCUT2D eigenvalue weighted by atomic mass is 16.4. The average Bonchev–Trinajstić information content (AvgIpc) is 3.00. The van der Waals surface area contributed by atoms with Crippen molar-refractivity contribution < 1.29 is 14.7 Å². The molecule has 1 saturated carbocycles. The van der Waals surface area contributed by atoms with E-state index in [9.17, 15) is 9.59 Å². The molecule has 4 unspecified atom stereocenters. The molecule has 0 spiro atoms. The summed E-state index contributed by atoms with van der Waals surface area (Å²) in [6.45, 7) is 4.64. The number of amides is 2. The van der Waals surface area contributed by atoms with Crippen molar-refractivity contribution in [2.45, 2.75) is 64.5 Å². The van der Waals surface area contributed by atoms with E-state index < -0.39 is 5.97 Å². The molecule has 4 atom stereocenters. The summed E-state index contributed by atoms with van der Waals surface area (Å²) in [7, 11) is 0. The van der Waals surface area contributed by atoms with Crippen LogP contribution < -0.4 is 5.32 Å². The van der Waals surface area contributed by atoms with Crippen molar-refractivity contribution in [2.24, 2.45) is 11.8 Å². The SMILES string of the molecule is CC(CCCC(C)C(=O)O)NC(=O)N1CC2CCC1C2. The van der Waals surface area contributed by atoms with E-state index in [1.165, 1.54) is 12.8 Å². The summed E-state index contributed by atoms with van der Waals surface area (Å²) in [5.41, 5.74) is 0. The van der Waals surface area contributed by atoms with Crippen LogP contribution in [0.3, 0.4) is 0 Å². The predicted molar refractivity (Wildman–Crippen MR) is 76.5 cm³/mol. The lowest BCUT2D eigenvalue weighted by Gasteiger charge is -2.28. The molecular formula is C15H26N2O3. The Morgan fingerprint density at radius 2 is 2.05 bits per heavy atom. The van der Waals surface area contributed by atoms with Gasteiger partial charge in [0.25, 0.3) is 0 Å². The average molecular weight is 282 g/mol. The summed E-state index contributed by atoms with van der Waals surface area (Å²) in [5.74, 6) is -0.320. The molecule has 1 aliphatic heterocycles. The highest BCUT2D eigenvalue weighted by Gasteiger charge is 2.40. The van der Waals surface area contributed by atoms with Crippen LogP contribution in [0.15, 0.2) is 0 Å². The highest BCUT2D eigenvalue weighted by molar-refractivity contribution is 5.75. The Balaban J connectivity index is 1.65. The van der Waals surface area contributed by atoms with Crippen LogP contribution >= 0.6 is 0 Å². The number of nitrogens with one attached hydrogen (secondary N) is 1. The van der Waals surface area contributed by atoms with E-state index in [0.717, 1.165) is 31.7 Å². The first-order chi connectivity index (χ1) is 9.47. The van der Waals surface area contributed by atoms with Gasteiger partial charge in [0.05, 0.1) is 5.92 Å². The van der Waals surface area contributed by atoms with Gasteiger partial charge in [-0.15, -0.1) is 0 Å². The Morgan fingerprint density at radius 1 is 1.30 bits per heavy atom. The topological polar surface area (TPSA) is 69.6 Å². The minimum Gasteiger partial charge on any atom is -0.481 e. The number of carboxylic acids is 1. The van der Waals surface area contributed by atoms with Crippen LogP contribution in [0.5, 0.6) is 0 Å². The number of rotatable bonds is 6. The van der Waals surface area contributed by atoms with Crippen LogP contribution in [0.2, 0.25) is 0 Å². The summed E-state index contributed by atoms with van der Waals surface area (Å²) in [6, 6.07) is 0.637. The minimum atomic E-state index is -0.741. The molecule has 0 aromatic heterocycles. The van der Waals surface area contributed by atoms with Crippen molar-refractivity contribution in [1.82, 2.24) is 10.2 Å². The van der Waals surface area contributed by atoms with Gasteiger partial charge in [-0.3, -0.25) is 4.79 Å². The van der Waals surface area contributed by atoms with Gasteiger partial charge in [0.1, 0.15) is 0 Å². The Kier molecular flexibility index (Phi) is 4.89. The molecule has 2 amide bonds. The second-order valence-electron chi connectivity index (χ2n) is 6.51. The lowest BCUT2D eigenvalue weighted by molar-refractivity contribution is -0.141. The molecule has 0 radical (unpaired) electrons. The number of aliphatic carboxylic acids is 1. The number of piperidine rings is 1. The summed E-state index contributed by atoms with van der Waals surface area (Å²) in [5, 5.41) is 11.9. The van der Waals surface area contributed by atoms with Gasteiger partial charge in [-0.2, -0.15) is 0 Å². The Labute approximate surface area is 120 Å². The summed E-state index contributed by atoms with van der Waals surface area (Å²) < 4.78 is 0. The maximum absolute atomic E-state index is 12.2. The molecule has 2 bridgehead atoms. The van der Waals surface area contributed by atoms with Gasteiger partial charge < -0.3 is 15.3 Å². The maximum atomic E-state index is 12.2. The van der Waals surface area contributed by atoms with Gasteiger partial charge in [-0.25, -0.2) is 4.79 Å². The van der Waals surface area contributed by atoms with E-state index in [2.05, 4.69) is 5.32 Å². The quantitative estimate of drug-likeness (QED) is 0.786. The van der Waals surface area contributed by atoms with Gasteiger partial charge in [0, 0.05) is 18.6 Å². The zero-order valence-electron chi connectivity index (χ0n) is 12.5. The first kappa shape index (κ1) is 15.1. The van der Waals surface area contributed by atoms with Crippen molar-refractivity contribution in [3.8, 4) is 0 Å². The molecule has 2 N–H and O–H groups in total. The maximum Gasteiger partial charge on any atom is 0.317 e. The number of carbonyl (C=O) groups excluding carboxylic acids is 1. The third-order valence-corrected chi connectivity index (χ3v) is 4.74. The summed E-state index contributed by atoms with van der Waals surface area (Å²) in [6.07, 6.45) is 5.95. The number of carbonyl (C=O) groups is 2. The molecule has 0 aromatic carbocycles. The molecule has 2 fully saturated rings. The van der Waals surface area contributed by atoms with E-state index in [4.69, 9.17) is 5.11 Å². The number of hydrogen-bond acceptors (Lipinski definition) is 2. The molecule has 0 aromatic rings. The van der Waals surface area contributed by atoms with E-state index in [0.29, 0.717) is 12.5 Å². The van der Waals surface area contributed by atoms with Crippen molar-refractivity contribution in [3.05, 3.63) is 0 Å². The van der Waals surface area contributed by atoms with Crippen LogP contribution in [0, 0.1) is 11.8 Å². The number of likely N-dealkylation sites (tertiary alicyclic amines) is 1. The number of carboxylic acid groups (broad SMARTS) is 1. The zero-order chi connectivity index (χ0) is 14.7. The van der Waals surface area contributed by atoms with Crippen molar-refractivity contribution in [1.29, 1.82) is 0 Å². The number of urea groups is 1. The first-order valence-electron chi connectivity index (χ1n) is 7.77. The smallest absolute Gasteiger partial charge is 0.317 e. The molecule has 1 heterocycles. The van der Waals surface area contributed by atoms with Crippen LogP contribution in [0.25, 0.3) is 0 Å². The van der Waals surface area contributed by atoms with Gasteiger partial charge in [0.15, 0.2) is 0 Å². The van der Waals surface area contributed by atoms with Gasteiger partial charge in [0.2, 0.25) is 0 Å². The van der Waals surface area contributed by atoms with Crippen molar-refractivity contribution >= 4 is 12.0 Å². The van der Waals surface area contributed by atoms with Gasteiger partial charge in [-0.05, 0) is 44.9 Å². The third-order valence-electron chi connectivity index (χ3n) is 4.74. The fraction of sp³-hybridized carbons (Fsp3) is 0.867. The molecule has 2 rings (SSSR count). The Morgan fingerprint density at radius 3 is 2.60 bits per heavy atom. The normalized spacial score (nSPS) is 27.4. The standard InChI is InChI=1S/C15H26N2O3/c1-10(14(18)19)4-3-5-11(2)16-15(20)17-9-12-6-7-13(17)8-12/h10-13H,3-9H2,1-2H3,(H,16,20)(H,18,19). The fourth-order valence-electron chi connectivity index (χ4n) is 3.39. The summed E-state index contributed by atoms with van der Waals surface area (Å²) >= 11 is 0. The lowest BCUT2D eigenvalue weighted by Crippen LogP contribution is -2.47. The molecule has 1 aliphatic carbocycles. The fourth-order valence-corrected chi connectivity index (χ4v) is 3.39. The van der Waals surface area contributed by atoms with Gasteiger partial charge in [-0.1, -0.05) is 13.3 Å². The number of fused-ring (bicyclic) bond motifs is 2. The molecule has 5 nitrogen and oxygen atoms in total. The van der Waals surface area contributed by atoms with E-state index >= 15 is 0 Å². The molecular weight excluding hydrogens is 256 g/mol.